The van der Waals surface area contributed by atoms with Crippen molar-refractivity contribution in [3.05, 3.63) is 0 Å². The summed E-state index contributed by atoms with van der Waals surface area (Å²) in [6, 6.07) is -1.42. The molecule has 1 unspecified atom stereocenters. The highest BCUT2D eigenvalue weighted by Gasteiger charge is 2.44. The molecule has 0 aromatic rings. The molecule has 4 atom stereocenters. The lowest BCUT2D eigenvalue weighted by atomic mass is 10.0. The van der Waals surface area contributed by atoms with Crippen LogP contribution in [0.1, 0.15) is 0 Å². The fourth-order valence-electron chi connectivity index (χ4n) is 1.18. The maximum atomic E-state index is 11.9. The van der Waals surface area contributed by atoms with Crippen LogP contribution in [0.25, 0.3) is 0 Å². The van der Waals surface area contributed by atoms with Crippen LogP contribution in [0.15, 0.2) is 0 Å². The molecule has 1 aliphatic heterocycles. The molecule has 0 bridgehead atoms. The Labute approximate surface area is 87.6 Å². The normalized spacial score (nSPS) is 35.9. The molecule has 1 amide bonds. The Morgan fingerprint density at radius 3 is 2.31 bits per heavy atom. The van der Waals surface area contributed by atoms with E-state index >= 15 is 0 Å². The molecule has 9 heteroatoms. The number of alkyl halides is 3. The van der Waals surface area contributed by atoms with Gasteiger partial charge in [0.1, 0.15) is 12.2 Å². The third-order valence-electron chi connectivity index (χ3n) is 2.07. The summed E-state index contributed by atoms with van der Waals surface area (Å²) in [5, 5.41) is 28.7. The van der Waals surface area contributed by atoms with Crippen LogP contribution >= 0.6 is 0 Å². The highest BCUT2D eigenvalue weighted by molar-refractivity contribution is 5.82. The van der Waals surface area contributed by atoms with Crippen molar-refractivity contribution in [3.63, 3.8) is 0 Å². The molecule has 0 aromatic heterocycles. The van der Waals surface area contributed by atoms with Crippen LogP contribution in [0.4, 0.5) is 13.2 Å². The molecule has 6 nitrogen and oxygen atoms in total. The van der Waals surface area contributed by atoms with Crippen LogP contribution in [0.3, 0.4) is 0 Å². The minimum atomic E-state index is -5.08. The Kier molecular flexibility index (Phi) is 3.73. The lowest BCUT2D eigenvalue weighted by Gasteiger charge is -2.35. The topological polar surface area (TPSA) is 99.0 Å². The molecular weight excluding hydrogens is 235 g/mol. The predicted octanol–water partition coefficient (Wildman–Crippen LogP) is -1.90. The zero-order valence-electron chi connectivity index (χ0n) is 7.81. The van der Waals surface area contributed by atoms with E-state index in [1.54, 1.807) is 0 Å². The fourth-order valence-corrected chi connectivity index (χ4v) is 1.18. The van der Waals surface area contributed by atoms with Crippen molar-refractivity contribution in [3.8, 4) is 0 Å². The second kappa shape index (κ2) is 4.53. The van der Waals surface area contributed by atoms with Gasteiger partial charge in [0.05, 0.1) is 12.6 Å². The Bertz CT molecular complexity index is 271. The van der Waals surface area contributed by atoms with E-state index in [-0.39, 0.29) is 0 Å². The first-order valence-corrected chi connectivity index (χ1v) is 4.27. The third kappa shape index (κ3) is 2.82. The van der Waals surface area contributed by atoms with Gasteiger partial charge in [-0.1, -0.05) is 0 Å². The average molecular weight is 245 g/mol. The standard InChI is InChI=1S/C7H10F3NO5/c8-7(9,10)6(15)11-2-1-16-5(14)4(13)3(2)12/h2-5,12-14H,1H2,(H,11,15)/t2-,3+,4-,5?/m0/s1. The van der Waals surface area contributed by atoms with Crippen molar-refractivity contribution in [2.24, 2.45) is 0 Å². The summed E-state index contributed by atoms with van der Waals surface area (Å²) < 4.78 is 40.0. The van der Waals surface area contributed by atoms with Crippen LogP contribution in [-0.4, -0.2) is 58.5 Å². The number of aliphatic hydroxyl groups excluding tert-OH is 3. The molecule has 4 N–H and O–H groups in total. The van der Waals surface area contributed by atoms with Crippen LogP contribution < -0.4 is 5.32 Å². The largest absolute Gasteiger partial charge is 0.471 e. The first kappa shape index (κ1) is 13.2. The van der Waals surface area contributed by atoms with Gasteiger partial charge in [-0.25, -0.2) is 0 Å². The molecule has 1 heterocycles. The first-order valence-electron chi connectivity index (χ1n) is 4.27. The third-order valence-corrected chi connectivity index (χ3v) is 2.07. The first-order chi connectivity index (χ1) is 7.23. The van der Waals surface area contributed by atoms with Gasteiger partial charge < -0.3 is 25.4 Å². The molecule has 0 saturated carbocycles. The van der Waals surface area contributed by atoms with Gasteiger partial charge in [-0.2, -0.15) is 13.2 Å². The lowest BCUT2D eigenvalue weighted by molar-refractivity contribution is -0.231. The summed E-state index contributed by atoms with van der Waals surface area (Å²) in [5.41, 5.74) is 0. The highest BCUT2D eigenvalue weighted by Crippen LogP contribution is 2.18. The van der Waals surface area contributed by atoms with E-state index in [1.165, 1.54) is 5.32 Å². The van der Waals surface area contributed by atoms with Gasteiger partial charge in [-0.3, -0.25) is 4.79 Å². The maximum Gasteiger partial charge on any atom is 0.471 e. The van der Waals surface area contributed by atoms with E-state index in [4.69, 9.17) is 10.2 Å². The molecule has 0 radical (unpaired) electrons. The average Bonchev–Trinajstić information content (AvgIpc) is 2.17. The molecule has 1 saturated heterocycles. The molecule has 16 heavy (non-hydrogen) atoms. The number of aliphatic hydroxyl groups is 3. The number of ether oxygens (including phenoxy) is 1. The summed E-state index contributed by atoms with van der Waals surface area (Å²) in [6.45, 7) is -0.527. The molecule has 0 aromatic carbocycles. The summed E-state index contributed by atoms with van der Waals surface area (Å²) in [7, 11) is 0. The smallest absolute Gasteiger partial charge is 0.388 e. The number of carbonyl (C=O) groups is 1. The molecule has 1 rings (SSSR count). The van der Waals surface area contributed by atoms with Gasteiger partial charge in [-0.15, -0.1) is 0 Å². The van der Waals surface area contributed by atoms with Crippen molar-refractivity contribution in [1.82, 2.24) is 5.32 Å². The fraction of sp³-hybridized carbons (Fsp3) is 0.857. The second-order valence-corrected chi connectivity index (χ2v) is 3.28. The number of amides is 1. The Hall–Kier alpha value is -0.900. The summed E-state index contributed by atoms with van der Waals surface area (Å²) in [5.74, 6) is -2.25. The molecule has 0 spiro atoms. The van der Waals surface area contributed by atoms with Crippen LogP contribution in [-0.2, 0) is 9.53 Å². The zero-order valence-corrected chi connectivity index (χ0v) is 7.81. The number of hydrogen-bond acceptors (Lipinski definition) is 5. The van der Waals surface area contributed by atoms with Crippen LogP contribution in [0.5, 0.6) is 0 Å². The van der Waals surface area contributed by atoms with Gasteiger partial charge in [-0.05, 0) is 0 Å². The van der Waals surface area contributed by atoms with Gasteiger partial charge in [0, 0.05) is 0 Å². The van der Waals surface area contributed by atoms with E-state index in [9.17, 15) is 23.1 Å². The maximum absolute atomic E-state index is 11.9. The predicted molar refractivity (Wildman–Crippen MR) is 42.0 cm³/mol. The van der Waals surface area contributed by atoms with E-state index in [1.807, 2.05) is 0 Å². The van der Waals surface area contributed by atoms with Crippen LogP contribution in [0.2, 0.25) is 0 Å². The van der Waals surface area contributed by atoms with Crippen molar-refractivity contribution in [2.45, 2.75) is 30.7 Å². The summed E-state index contributed by atoms with van der Waals surface area (Å²) >= 11 is 0. The Morgan fingerprint density at radius 2 is 1.81 bits per heavy atom. The molecule has 1 aliphatic rings. The quantitative estimate of drug-likeness (QED) is 0.432. The number of carbonyl (C=O) groups excluding carboxylic acids is 1. The monoisotopic (exact) mass is 245 g/mol. The van der Waals surface area contributed by atoms with Crippen molar-refractivity contribution >= 4 is 5.91 Å². The molecule has 94 valence electrons. The number of nitrogens with one attached hydrogen (secondary N) is 1. The minimum absolute atomic E-state index is 0.527. The van der Waals surface area contributed by atoms with Crippen LogP contribution in [0, 0.1) is 0 Å². The van der Waals surface area contributed by atoms with E-state index in [0.29, 0.717) is 0 Å². The molecule has 1 fully saturated rings. The van der Waals surface area contributed by atoms with Gasteiger partial charge in [0.2, 0.25) is 0 Å². The van der Waals surface area contributed by atoms with E-state index in [2.05, 4.69) is 4.74 Å². The number of halogens is 3. The molecular formula is C7H10F3NO5. The summed E-state index contributed by atoms with van der Waals surface area (Å²) in [6.07, 6.45) is -10.3. The highest BCUT2D eigenvalue weighted by atomic mass is 19.4. The van der Waals surface area contributed by atoms with Crippen molar-refractivity contribution < 1.29 is 38.0 Å². The zero-order chi connectivity index (χ0) is 12.5. The van der Waals surface area contributed by atoms with E-state index in [0.717, 1.165) is 0 Å². The van der Waals surface area contributed by atoms with Crippen molar-refractivity contribution in [1.29, 1.82) is 0 Å². The van der Waals surface area contributed by atoms with Gasteiger partial charge in [0.25, 0.3) is 0 Å². The second-order valence-electron chi connectivity index (χ2n) is 3.28. The molecule has 0 aliphatic carbocycles. The van der Waals surface area contributed by atoms with Crippen molar-refractivity contribution in [2.75, 3.05) is 6.61 Å². The summed E-state index contributed by atoms with van der Waals surface area (Å²) in [4.78, 5) is 10.5. The number of rotatable bonds is 1. The van der Waals surface area contributed by atoms with Gasteiger partial charge >= 0.3 is 12.1 Å². The Morgan fingerprint density at radius 1 is 1.25 bits per heavy atom. The minimum Gasteiger partial charge on any atom is -0.388 e. The van der Waals surface area contributed by atoms with E-state index < -0.39 is 43.2 Å². The Balaban J connectivity index is 2.59. The van der Waals surface area contributed by atoms with Gasteiger partial charge in [0.15, 0.2) is 6.29 Å². The SMILES string of the molecule is O=C(N[C@H]1COC(O)[C@@H](O)[C@@H]1O)C(F)(F)F. The lowest BCUT2D eigenvalue weighted by Crippen LogP contribution is -2.60. The number of hydrogen-bond donors (Lipinski definition) is 4.